The Bertz CT molecular complexity index is 893. The molecule has 1 heterocycles. The van der Waals surface area contributed by atoms with Gasteiger partial charge in [0.1, 0.15) is 7.05 Å². The minimum Gasteiger partial charge on any atom is -0.201 e. The average molecular weight is 359 g/mol. The van der Waals surface area contributed by atoms with Crippen molar-refractivity contribution in [3.05, 3.63) is 46.6 Å². The van der Waals surface area contributed by atoms with Crippen LogP contribution < -0.4 is 9.75 Å². The van der Waals surface area contributed by atoms with Crippen LogP contribution in [0, 0.1) is 20.6 Å². The zero-order valence-electron chi connectivity index (χ0n) is 20.4. The molecule has 2 aromatic rings. The van der Waals surface area contributed by atoms with E-state index in [0.717, 1.165) is 12.1 Å². The maximum absolute atomic E-state index is 13.5. The van der Waals surface area contributed by atoms with Crippen LogP contribution in [0.5, 0.6) is 0 Å². The van der Waals surface area contributed by atoms with Gasteiger partial charge in [0.25, 0.3) is 0 Å². The molecular weight excluding hydrogens is 327 g/mol. The van der Waals surface area contributed by atoms with E-state index in [1.165, 1.54) is 13.0 Å². The van der Waals surface area contributed by atoms with Crippen LogP contribution >= 0.6 is 0 Å². The molecule has 0 aliphatic heterocycles. The zero-order valence-corrected chi connectivity index (χ0v) is 15.4. The molecule has 0 aliphatic rings. The number of pyridine rings is 1. The van der Waals surface area contributed by atoms with E-state index in [-0.39, 0.29) is 16.7 Å². The van der Waals surface area contributed by atoms with Crippen LogP contribution in [-0.4, -0.2) is 8.07 Å². The molecule has 130 valence electrons. The van der Waals surface area contributed by atoms with E-state index in [9.17, 15) is 13.2 Å². The Hall–Kier alpha value is -1.62. The molecule has 5 heteroatoms. The summed E-state index contributed by atoms with van der Waals surface area (Å²) in [6.07, 6.45) is -3.11. The van der Waals surface area contributed by atoms with Crippen molar-refractivity contribution in [2.24, 2.45) is 7.05 Å². The van der Waals surface area contributed by atoms with Crippen molar-refractivity contribution in [3.8, 4) is 11.3 Å². The standard InChI is InChI=1S/C19H25F3NSi/c1-12-9-16(19(20,21)22)13(2)8-15(12)17-10-14(3)18(11-23(17)4)24(5,6)7/h8-11H,1-7H3/q+1/i2D3,3D3. The Morgan fingerprint density at radius 2 is 1.62 bits per heavy atom. The number of nitrogens with zero attached hydrogens (tertiary/aromatic N) is 1. The van der Waals surface area contributed by atoms with Crippen LogP contribution in [0.1, 0.15) is 30.5 Å². The summed E-state index contributed by atoms with van der Waals surface area (Å²) in [6, 6.07) is 3.29. The molecule has 0 unspecified atom stereocenters. The van der Waals surface area contributed by atoms with E-state index in [0.29, 0.717) is 10.9 Å². The van der Waals surface area contributed by atoms with Gasteiger partial charge >= 0.3 is 6.18 Å². The first kappa shape index (κ1) is 11.8. The smallest absolute Gasteiger partial charge is 0.201 e. The van der Waals surface area contributed by atoms with Gasteiger partial charge in [-0.05, 0) is 49.5 Å². The molecule has 0 saturated heterocycles. The van der Waals surface area contributed by atoms with Crippen molar-refractivity contribution < 1.29 is 26.0 Å². The third-order valence-corrected chi connectivity index (χ3v) is 6.04. The van der Waals surface area contributed by atoms with Crippen molar-refractivity contribution in [2.45, 2.75) is 46.4 Å². The minimum absolute atomic E-state index is 0.143. The Morgan fingerprint density at radius 3 is 2.12 bits per heavy atom. The molecule has 0 saturated carbocycles. The van der Waals surface area contributed by atoms with Crippen LogP contribution in [0.15, 0.2) is 24.4 Å². The van der Waals surface area contributed by atoms with Crippen LogP contribution in [0.3, 0.4) is 0 Å². The summed E-state index contributed by atoms with van der Waals surface area (Å²) in [5, 5.41) is 0.717. The van der Waals surface area contributed by atoms with Gasteiger partial charge in [0.15, 0.2) is 6.20 Å². The van der Waals surface area contributed by atoms with E-state index in [1.54, 1.807) is 17.8 Å². The number of hydrogen-bond donors (Lipinski definition) is 0. The molecule has 24 heavy (non-hydrogen) atoms. The first-order valence-corrected chi connectivity index (χ1v) is 11.0. The maximum Gasteiger partial charge on any atom is 0.416 e. The van der Waals surface area contributed by atoms with Gasteiger partial charge in [0.05, 0.1) is 13.6 Å². The third kappa shape index (κ3) is 3.56. The number of alkyl halides is 3. The van der Waals surface area contributed by atoms with E-state index in [4.69, 9.17) is 8.22 Å². The zero-order chi connectivity index (χ0) is 23.4. The molecule has 1 nitrogen and oxygen atoms in total. The maximum atomic E-state index is 13.5. The Kier molecular flexibility index (Phi) is 2.98. The van der Waals surface area contributed by atoms with Crippen molar-refractivity contribution >= 4 is 13.3 Å². The average Bonchev–Trinajstić information content (AvgIpc) is 2.50. The van der Waals surface area contributed by atoms with E-state index in [2.05, 4.69) is 0 Å². The predicted molar refractivity (Wildman–Crippen MR) is 95.2 cm³/mol. The van der Waals surface area contributed by atoms with Crippen molar-refractivity contribution in [3.63, 3.8) is 0 Å². The number of hydrogen-bond acceptors (Lipinski definition) is 0. The predicted octanol–water partition coefficient (Wildman–Crippen LogP) is 4.67. The van der Waals surface area contributed by atoms with E-state index in [1.807, 2.05) is 19.6 Å². The molecule has 0 fully saturated rings. The summed E-state index contributed by atoms with van der Waals surface area (Å²) < 4.78 is 88.6. The minimum atomic E-state index is -4.82. The number of aromatic nitrogens is 1. The molecule has 1 aromatic heterocycles. The largest absolute Gasteiger partial charge is 0.416 e. The second-order valence-corrected chi connectivity index (χ2v) is 12.1. The Labute approximate surface area is 151 Å². The van der Waals surface area contributed by atoms with E-state index < -0.39 is 39.1 Å². The number of halogens is 3. The van der Waals surface area contributed by atoms with Gasteiger partial charge < -0.3 is 0 Å². The second-order valence-electron chi connectivity index (χ2n) is 7.06. The highest BCUT2D eigenvalue weighted by molar-refractivity contribution is 6.88. The van der Waals surface area contributed by atoms with Crippen LogP contribution in [0.2, 0.25) is 19.6 Å². The molecule has 0 N–H and O–H groups in total. The van der Waals surface area contributed by atoms with Gasteiger partial charge in [-0.3, -0.25) is 0 Å². The Balaban J connectivity index is 2.91. The summed E-state index contributed by atoms with van der Waals surface area (Å²) in [6.45, 7) is 2.09. The van der Waals surface area contributed by atoms with Gasteiger partial charge in [-0.15, -0.1) is 0 Å². The highest BCUT2D eigenvalue weighted by atomic mass is 28.3. The first-order valence-electron chi connectivity index (χ1n) is 10.5. The molecule has 0 spiro atoms. The molecule has 1 aromatic carbocycles. The monoisotopic (exact) mass is 358 g/mol. The molecule has 0 aliphatic carbocycles. The molecule has 0 radical (unpaired) electrons. The number of rotatable bonds is 2. The van der Waals surface area contributed by atoms with Crippen LogP contribution in [-0.2, 0) is 13.2 Å². The molecule has 0 bridgehead atoms. The van der Waals surface area contributed by atoms with Crippen LogP contribution in [0.25, 0.3) is 11.3 Å². The van der Waals surface area contributed by atoms with E-state index >= 15 is 0 Å². The summed E-state index contributed by atoms with van der Waals surface area (Å²) in [5.41, 5.74) is -1.06. The number of benzene rings is 1. The second kappa shape index (κ2) is 6.03. The highest BCUT2D eigenvalue weighted by Gasteiger charge is 2.33. The van der Waals surface area contributed by atoms with Crippen molar-refractivity contribution in [1.29, 1.82) is 0 Å². The van der Waals surface area contributed by atoms with Gasteiger partial charge in [-0.25, -0.2) is 4.57 Å². The Morgan fingerprint density at radius 1 is 1.00 bits per heavy atom. The van der Waals surface area contributed by atoms with Crippen molar-refractivity contribution in [1.82, 2.24) is 0 Å². The lowest BCUT2D eigenvalue weighted by molar-refractivity contribution is -0.659. The van der Waals surface area contributed by atoms with Crippen molar-refractivity contribution in [2.75, 3.05) is 0 Å². The van der Waals surface area contributed by atoms with Gasteiger partial charge in [0.2, 0.25) is 5.69 Å². The quantitative estimate of drug-likeness (QED) is 0.543. The molecular formula is C19H25F3NSi+. The SMILES string of the molecule is [2H]C([2H])([2H])c1cc(-c2cc(C([2H])([2H])[2H])c([Si](C)(C)C)c[n+]2C)c(C)cc1C(F)(F)F. The molecule has 2 rings (SSSR count). The lowest BCUT2D eigenvalue weighted by Gasteiger charge is -2.19. The number of aryl methyl sites for hydroxylation is 4. The fourth-order valence-corrected chi connectivity index (χ4v) is 4.19. The fraction of sp³-hybridized carbons (Fsp3) is 0.421. The molecule has 0 amide bonds. The fourth-order valence-electron chi connectivity index (χ4n) is 2.73. The van der Waals surface area contributed by atoms with Gasteiger partial charge in [0, 0.05) is 25.0 Å². The summed E-state index contributed by atoms with van der Waals surface area (Å²) >= 11 is 0. The van der Waals surface area contributed by atoms with Gasteiger partial charge in [-0.2, -0.15) is 13.2 Å². The van der Waals surface area contributed by atoms with Crippen LogP contribution in [0.4, 0.5) is 13.2 Å². The topological polar surface area (TPSA) is 3.88 Å². The lowest BCUT2D eigenvalue weighted by atomic mass is 9.96. The third-order valence-electron chi connectivity index (χ3n) is 4.03. The molecule has 0 atom stereocenters. The summed E-state index contributed by atoms with van der Waals surface area (Å²) in [5.74, 6) is 0. The highest BCUT2D eigenvalue weighted by Crippen LogP contribution is 2.35. The van der Waals surface area contributed by atoms with Gasteiger partial charge in [-0.1, -0.05) is 19.6 Å². The summed E-state index contributed by atoms with van der Waals surface area (Å²) in [4.78, 5) is 0. The first-order chi connectivity index (χ1) is 13.2. The lowest BCUT2D eigenvalue weighted by Crippen LogP contribution is -2.46. The normalized spacial score (nSPS) is 17.3. The summed E-state index contributed by atoms with van der Waals surface area (Å²) in [7, 11) is -0.376.